The molecule has 1 rings (SSSR count). The predicted molar refractivity (Wildman–Crippen MR) is 58.0 cm³/mol. The Hall–Kier alpha value is -1.91. The van der Waals surface area contributed by atoms with Gasteiger partial charge in [-0.3, -0.25) is 9.78 Å². The van der Waals surface area contributed by atoms with E-state index in [0.29, 0.717) is 18.4 Å². The molecule has 0 aliphatic heterocycles. The first-order chi connectivity index (χ1) is 7.65. The average molecular weight is 222 g/mol. The molecular formula is C11H14N2O3. The Bertz CT molecular complexity index is 365. The number of hydrogen-bond acceptors (Lipinski definition) is 3. The van der Waals surface area contributed by atoms with E-state index in [0.717, 1.165) is 0 Å². The second-order valence-corrected chi connectivity index (χ2v) is 3.39. The van der Waals surface area contributed by atoms with Gasteiger partial charge in [0.15, 0.2) is 0 Å². The van der Waals surface area contributed by atoms with Crippen molar-refractivity contribution >= 4 is 11.9 Å². The molecule has 0 aromatic carbocycles. The van der Waals surface area contributed by atoms with Crippen molar-refractivity contribution in [1.82, 2.24) is 10.3 Å². The molecule has 1 aromatic rings. The number of carbonyl (C=O) groups is 2. The first kappa shape index (κ1) is 12.2. The largest absolute Gasteiger partial charge is 0.480 e. The van der Waals surface area contributed by atoms with Crippen molar-refractivity contribution in [3.63, 3.8) is 0 Å². The van der Waals surface area contributed by atoms with Crippen LogP contribution in [-0.4, -0.2) is 28.0 Å². The van der Waals surface area contributed by atoms with Crippen molar-refractivity contribution < 1.29 is 14.7 Å². The number of aliphatic carboxylic acids is 1. The lowest BCUT2D eigenvalue weighted by atomic mass is 10.1. The highest BCUT2D eigenvalue weighted by atomic mass is 16.4. The normalized spacial score (nSPS) is 11.8. The van der Waals surface area contributed by atoms with Gasteiger partial charge in [-0.25, -0.2) is 4.79 Å². The number of carboxylic acids is 1. The molecule has 0 saturated heterocycles. The van der Waals surface area contributed by atoms with Gasteiger partial charge >= 0.3 is 5.97 Å². The van der Waals surface area contributed by atoms with E-state index in [1.807, 2.05) is 6.92 Å². The van der Waals surface area contributed by atoms with Crippen molar-refractivity contribution in [3.8, 4) is 0 Å². The Kier molecular flexibility index (Phi) is 4.44. The van der Waals surface area contributed by atoms with E-state index in [1.54, 1.807) is 18.3 Å². The molecule has 1 amide bonds. The second kappa shape index (κ2) is 5.85. The van der Waals surface area contributed by atoms with Crippen LogP contribution in [0.5, 0.6) is 0 Å². The zero-order valence-corrected chi connectivity index (χ0v) is 9.01. The summed E-state index contributed by atoms with van der Waals surface area (Å²) in [5.41, 5.74) is 0.366. The molecule has 16 heavy (non-hydrogen) atoms. The maximum atomic E-state index is 11.6. The van der Waals surface area contributed by atoms with Gasteiger partial charge in [-0.05, 0) is 18.6 Å². The SMILES string of the molecule is CCCC(NC(=O)c1cccnc1)C(=O)O. The summed E-state index contributed by atoms with van der Waals surface area (Å²) in [4.78, 5) is 26.2. The molecule has 1 unspecified atom stereocenters. The average Bonchev–Trinajstić information content (AvgIpc) is 2.29. The van der Waals surface area contributed by atoms with E-state index >= 15 is 0 Å². The Morgan fingerprint density at radius 1 is 1.56 bits per heavy atom. The van der Waals surface area contributed by atoms with Crippen LogP contribution in [0.15, 0.2) is 24.5 Å². The fraction of sp³-hybridized carbons (Fsp3) is 0.364. The van der Waals surface area contributed by atoms with Gasteiger partial charge in [0, 0.05) is 12.4 Å². The van der Waals surface area contributed by atoms with Crippen LogP contribution in [0.1, 0.15) is 30.1 Å². The fourth-order valence-electron chi connectivity index (χ4n) is 1.28. The molecule has 0 spiro atoms. The lowest BCUT2D eigenvalue weighted by molar-refractivity contribution is -0.139. The number of carbonyl (C=O) groups excluding carboxylic acids is 1. The first-order valence-corrected chi connectivity index (χ1v) is 5.08. The van der Waals surface area contributed by atoms with Crippen molar-refractivity contribution in [2.75, 3.05) is 0 Å². The molecule has 0 fully saturated rings. The quantitative estimate of drug-likeness (QED) is 0.780. The molecule has 2 N–H and O–H groups in total. The molecule has 86 valence electrons. The van der Waals surface area contributed by atoms with Gasteiger partial charge in [0.2, 0.25) is 0 Å². The van der Waals surface area contributed by atoms with Crippen molar-refractivity contribution in [3.05, 3.63) is 30.1 Å². The Balaban J connectivity index is 2.65. The summed E-state index contributed by atoms with van der Waals surface area (Å²) >= 11 is 0. The highest BCUT2D eigenvalue weighted by molar-refractivity contribution is 5.96. The van der Waals surface area contributed by atoms with E-state index in [1.165, 1.54) is 6.20 Å². The zero-order chi connectivity index (χ0) is 12.0. The van der Waals surface area contributed by atoms with Crippen LogP contribution in [0.2, 0.25) is 0 Å². The second-order valence-electron chi connectivity index (χ2n) is 3.39. The molecule has 0 radical (unpaired) electrons. The van der Waals surface area contributed by atoms with E-state index in [9.17, 15) is 9.59 Å². The van der Waals surface area contributed by atoms with E-state index < -0.39 is 17.9 Å². The van der Waals surface area contributed by atoms with E-state index in [4.69, 9.17) is 5.11 Å². The molecule has 5 nitrogen and oxygen atoms in total. The smallest absolute Gasteiger partial charge is 0.326 e. The van der Waals surface area contributed by atoms with Crippen LogP contribution < -0.4 is 5.32 Å². The summed E-state index contributed by atoms with van der Waals surface area (Å²) in [7, 11) is 0. The first-order valence-electron chi connectivity index (χ1n) is 5.08. The number of carboxylic acid groups (broad SMARTS) is 1. The van der Waals surface area contributed by atoms with Crippen molar-refractivity contribution in [1.29, 1.82) is 0 Å². The highest BCUT2D eigenvalue weighted by Crippen LogP contribution is 2.01. The third-order valence-corrected chi connectivity index (χ3v) is 2.10. The summed E-state index contributed by atoms with van der Waals surface area (Å²) in [6.45, 7) is 1.87. The predicted octanol–water partition coefficient (Wildman–Crippen LogP) is 1.06. The van der Waals surface area contributed by atoms with Gasteiger partial charge in [0.25, 0.3) is 5.91 Å². The minimum absolute atomic E-state index is 0.366. The monoisotopic (exact) mass is 222 g/mol. The minimum Gasteiger partial charge on any atom is -0.480 e. The van der Waals surface area contributed by atoms with Crippen LogP contribution in [0, 0.1) is 0 Å². The van der Waals surface area contributed by atoms with Crippen LogP contribution in [0.4, 0.5) is 0 Å². The topological polar surface area (TPSA) is 79.3 Å². The molecular weight excluding hydrogens is 208 g/mol. The molecule has 1 atom stereocenters. The zero-order valence-electron chi connectivity index (χ0n) is 9.01. The van der Waals surface area contributed by atoms with Crippen molar-refractivity contribution in [2.24, 2.45) is 0 Å². The van der Waals surface area contributed by atoms with Gasteiger partial charge in [0.1, 0.15) is 6.04 Å². The Labute approximate surface area is 93.5 Å². The number of nitrogens with zero attached hydrogens (tertiary/aromatic N) is 1. The molecule has 0 saturated carbocycles. The molecule has 1 aromatic heterocycles. The van der Waals surface area contributed by atoms with Gasteiger partial charge in [0.05, 0.1) is 5.56 Å². The van der Waals surface area contributed by atoms with Crippen LogP contribution >= 0.6 is 0 Å². The van der Waals surface area contributed by atoms with E-state index in [2.05, 4.69) is 10.3 Å². The van der Waals surface area contributed by atoms with Gasteiger partial charge in [-0.1, -0.05) is 13.3 Å². The van der Waals surface area contributed by atoms with Crippen LogP contribution in [0.25, 0.3) is 0 Å². The van der Waals surface area contributed by atoms with Crippen molar-refractivity contribution in [2.45, 2.75) is 25.8 Å². The lowest BCUT2D eigenvalue weighted by Crippen LogP contribution is -2.40. The molecule has 1 heterocycles. The van der Waals surface area contributed by atoms with Crippen LogP contribution in [0.3, 0.4) is 0 Å². The van der Waals surface area contributed by atoms with Crippen LogP contribution in [-0.2, 0) is 4.79 Å². The summed E-state index contributed by atoms with van der Waals surface area (Å²) in [6.07, 6.45) is 4.07. The standard InChI is InChI=1S/C11H14N2O3/c1-2-4-9(11(15)16)13-10(14)8-5-3-6-12-7-8/h3,5-7,9H,2,4H2,1H3,(H,13,14)(H,15,16). The Morgan fingerprint density at radius 3 is 2.81 bits per heavy atom. The summed E-state index contributed by atoms with van der Waals surface area (Å²) < 4.78 is 0. The Morgan fingerprint density at radius 2 is 2.31 bits per heavy atom. The molecule has 0 aliphatic rings. The third kappa shape index (κ3) is 3.34. The third-order valence-electron chi connectivity index (χ3n) is 2.10. The lowest BCUT2D eigenvalue weighted by Gasteiger charge is -2.13. The number of aromatic nitrogens is 1. The van der Waals surface area contributed by atoms with E-state index in [-0.39, 0.29) is 0 Å². The molecule has 0 aliphatic carbocycles. The van der Waals surface area contributed by atoms with Gasteiger partial charge < -0.3 is 10.4 Å². The number of hydrogen-bond donors (Lipinski definition) is 2. The number of pyridine rings is 1. The maximum absolute atomic E-state index is 11.6. The summed E-state index contributed by atoms with van der Waals surface area (Å²) in [5, 5.41) is 11.3. The van der Waals surface area contributed by atoms with Gasteiger partial charge in [-0.2, -0.15) is 0 Å². The molecule has 0 bridgehead atoms. The minimum atomic E-state index is -1.01. The number of nitrogens with one attached hydrogen (secondary N) is 1. The highest BCUT2D eigenvalue weighted by Gasteiger charge is 2.19. The molecule has 5 heteroatoms. The number of rotatable bonds is 5. The maximum Gasteiger partial charge on any atom is 0.326 e. The summed E-state index contributed by atoms with van der Waals surface area (Å²) in [5.74, 6) is -1.42. The summed E-state index contributed by atoms with van der Waals surface area (Å²) in [6, 6.07) is 2.38. The van der Waals surface area contributed by atoms with Gasteiger partial charge in [-0.15, -0.1) is 0 Å². The number of amides is 1. The fourth-order valence-corrected chi connectivity index (χ4v) is 1.28.